The minimum absolute atomic E-state index is 0.0873. The zero-order chi connectivity index (χ0) is 23.1. The number of hydrogen-bond donors (Lipinski definition) is 1. The maximum atomic E-state index is 12.0. The minimum atomic E-state index is -5.08. The van der Waals surface area contributed by atoms with Gasteiger partial charge in [-0.25, -0.2) is 14.8 Å². The Morgan fingerprint density at radius 3 is 2.41 bits per heavy atom. The van der Waals surface area contributed by atoms with Gasteiger partial charge in [0, 0.05) is 32.0 Å². The van der Waals surface area contributed by atoms with Gasteiger partial charge in [-0.15, -0.1) is 0 Å². The second-order valence-electron chi connectivity index (χ2n) is 7.88. The van der Waals surface area contributed by atoms with Crippen molar-refractivity contribution in [3.8, 4) is 0 Å². The molecule has 0 unspecified atom stereocenters. The van der Waals surface area contributed by atoms with Crippen LogP contribution in [0.3, 0.4) is 0 Å². The van der Waals surface area contributed by atoms with E-state index in [4.69, 9.17) is 19.4 Å². The molecule has 0 radical (unpaired) electrons. The average Bonchev–Trinajstić information content (AvgIpc) is 3.44. The SMILES string of the molecule is O=C(COC[C@H]1CC[C@H]2[C@H](CCN2c2ncccn2)O1)N1CCCC1.O=C(O)C(F)(F)F. The van der Waals surface area contributed by atoms with Gasteiger partial charge in [0.2, 0.25) is 11.9 Å². The number of aromatic nitrogens is 2. The largest absolute Gasteiger partial charge is 0.490 e. The van der Waals surface area contributed by atoms with E-state index >= 15 is 0 Å². The average molecular weight is 460 g/mol. The number of nitrogens with zero attached hydrogens (tertiary/aromatic N) is 4. The Hall–Kier alpha value is -2.47. The molecule has 0 saturated carbocycles. The monoisotopic (exact) mass is 460 g/mol. The molecule has 1 N–H and O–H groups in total. The van der Waals surface area contributed by atoms with Gasteiger partial charge in [0.1, 0.15) is 6.61 Å². The molecule has 1 aromatic rings. The Bertz CT molecular complexity index is 761. The molecule has 32 heavy (non-hydrogen) atoms. The lowest BCUT2D eigenvalue weighted by molar-refractivity contribution is -0.192. The summed E-state index contributed by atoms with van der Waals surface area (Å²) in [5.41, 5.74) is 0. The Labute approximate surface area is 183 Å². The highest BCUT2D eigenvalue weighted by molar-refractivity contribution is 5.77. The second-order valence-corrected chi connectivity index (χ2v) is 7.88. The lowest BCUT2D eigenvalue weighted by atomic mass is 9.99. The molecule has 0 aromatic carbocycles. The topological polar surface area (TPSA) is 105 Å². The minimum Gasteiger partial charge on any atom is -0.475 e. The molecule has 1 amide bonds. The number of carbonyl (C=O) groups is 2. The molecule has 3 saturated heterocycles. The molecule has 3 atom stereocenters. The van der Waals surface area contributed by atoms with Crippen LogP contribution in [-0.4, -0.2) is 89.1 Å². The number of carbonyl (C=O) groups excluding carboxylic acids is 1. The molecular weight excluding hydrogens is 433 g/mol. The molecule has 3 fully saturated rings. The van der Waals surface area contributed by atoms with Crippen LogP contribution in [0.4, 0.5) is 19.1 Å². The van der Waals surface area contributed by atoms with Crippen molar-refractivity contribution in [2.45, 2.75) is 56.5 Å². The molecule has 3 aliphatic rings. The summed E-state index contributed by atoms with van der Waals surface area (Å²) in [6.07, 6.45) is 4.00. The molecule has 0 spiro atoms. The van der Waals surface area contributed by atoms with E-state index in [0.29, 0.717) is 12.6 Å². The summed E-state index contributed by atoms with van der Waals surface area (Å²) in [6, 6.07) is 2.19. The molecule has 1 aromatic heterocycles. The predicted molar refractivity (Wildman–Crippen MR) is 106 cm³/mol. The van der Waals surface area contributed by atoms with E-state index in [2.05, 4.69) is 14.9 Å². The number of hydrogen-bond acceptors (Lipinski definition) is 7. The van der Waals surface area contributed by atoms with Gasteiger partial charge in [0.05, 0.1) is 24.9 Å². The molecular formula is C20H27F3N4O5. The summed E-state index contributed by atoms with van der Waals surface area (Å²) in [4.78, 5) is 33.8. The van der Waals surface area contributed by atoms with Gasteiger partial charge in [-0.2, -0.15) is 13.2 Å². The number of ether oxygens (including phenoxy) is 2. The van der Waals surface area contributed by atoms with Crippen molar-refractivity contribution in [1.82, 2.24) is 14.9 Å². The Balaban J connectivity index is 0.000000360. The first-order valence-corrected chi connectivity index (χ1v) is 10.6. The summed E-state index contributed by atoms with van der Waals surface area (Å²) in [6.45, 7) is 3.37. The van der Waals surface area contributed by atoms with Crippen LogP contribution in [0.5, 0.6) is 0 Å². The second kappa shape index (κ2) is 10.9. The van der Waals surface area contributed by atoms with Gasteiger partial charge >= 0.3 is 12.1 Å². The summed E-state index contributed by atoms with van der Waals surface area (Å²) in [5, 5.41) is 7.12. The van der Waals surface area contributed by atoms with E-state index in [1.54, 1.807) is 12.4 Å². The van der Waals surface area contributed by atoms with Crippen LogP contribution in [0.25, 0.3) is 0 Å². The molecule has 0 aliphatic carbocycles. The molecule has 3 aliphatic heterocycles. The number of anilines is 1. The normalized spacial score (nSPS) is 25.2. The quantitative estimate of drug-likeness (QED) is 0.710. The maximum Gasteiger partial charge on any atom is 0.490 e. The third-order valence-electron chi connectivity index (χ3n) is 5.68. The van der Waals surface area contributed by atoms with E-state index in [0.717, 1.165) is 57.7 Å². The van der Waals surface area contributed by atoms with Crippen molar-refractivity contribution in [3.63, 3.8) is 0 Å². The number of carboxylic acids is 1. The Morgan fingerprint density at radius 1 is 1.12 bits per heavy atom. The third kappa shape index (κ3) is 6.52. The molecule has 0 bridgehead atoms. The highest BCUT2D eigenvalue weighted by Crippen LogP contribution is 2.33. The summed E-state index contributed by atoms with van der Waals surface area (Å²) >= 11 is 0. The van der Waals surface area contributed by atoms with Crippen molar-refractivity contribution in [1.29, 1.82) is 0 Å². The molecule has 9 nitrogen and oxygen atoms in total. The Kier molecular flexibility index (Phi) is 8.24. The maximum absolute atomic E-state index is 12.0. The fraction of sp³-hybridized carbons (Fsp3) is 0.700. The van der Waals surface area contributed by atoms with Crippen LogP contribution in [0.15, 0.2) is 18.5 Å². The summed E-state index contributed by atoms with van der Waals surface area (Å²) in [5.74, 6) is -1.85. The number of halogens is 3. The number of fused-ring (bicyclic) bond motifs is 1. The fourth-order valence-electron chi connectivity index (χ4n) is 4.14. The molecule has 4 rings (SSSR count). The number of amides is 1. The van der Waals surface area contributed by atoms with E-state index < -0.39 is 12.1 Å². The zero-order valence-electron chi connectivity index (χ0n) is 17.5. The van der Waals surface area contributed by atoms with Crippen LogP contribution in [0.1, 0.15) is 32.1 Å². The van der Waals surface area contributed by atoms with Crippen LogP contribution in [-0.2, 0) is 19.1 Å². The van der Waals surface area contributed by atoms with Gasteiger partial charge in [0.15, 0.2) is 0 Å². The van der Waals surface area contributed by atoms with E-state index in [9.17, 15) is 18.0 Å². The molecule has 4 heterocycles. The van der Waals surface area contributed by atoms with Crippen molar-refractivity contribution in [3.05, 3.63) is 18.5 Å². The summed E-state index contributed by atoms with van der Waals surface area (Å²) in [7, 11) is 0. The smallest absolute Gasteiger partial charge is 0.475 e. The van der Waals surface area contributed by atoms with Crippen molar-refractivity contribution in [2.75, 3.05) is 37.7 Å². The fourth-order valence-corrected chi connectivity index (χ4v) is 4.14. The lowest BCUT2D eigenvalue weighted by Crippen LogP contribution is -2.44. The number of rotatable bonds is 5. The predicted octanol–water partition coefficient (Wildman–Crippen LogP) is 1.88. The first-order valence-electron chi connectivity index (χ1n) is 10.6. The van der Waals surface area contributed by atoms with Crippen LogP contribution < -0.4 is 4.90 Å². The van der Waals surface area contributed by atoms with Crippen molar-refractivity contribution >= 4 is 17.8 Å². The first-order chi connectivity index (χ1) is 15.3. The van der Waals surface area contributed by atoms with Gasteiger partial charge in [-0.1, -0.05) is 0 Å². The number of alkyl halides is 3. The standard InChI is InChI=1S/C18H26N4O3.C2HF3O2/c23-17(21-9-1-2-10-21)13-24-12-14-4-5-15-16(25-14)6-11-22(15)18-19-7-3-8-20-18;3-2(4,5)1(6)7/h3,7-8,14-16H,1-2,4-6,9-13H2;(H,6,7)/t14-,15+,16+;/m1./s1. The van der Waals surface area contributed by atoms with Gasteiger partial charge < -0.3 is 24.4 Å². The summed E-state index contributed by atoms with van der Waals surface area (Å²) < 4.78 is 43.6. The van der Waals surface area contributed by atoms with Crippen LogP contribution in [0.2, 0.25) is 0 Å². The number of aliphatic carboxylic acids is 1. The molecule has 12 heteroatoms. The molecule has 178 valence electrons. The highest BCUT2D eigenvalue weighted by Gasteiger charge is 2.41. The lowest BCUT2D eigenvalue weighted by Gasteiger charge is -2.35. The van der Waals surface area contributed by atoms with E-state index in [1.807, 2.05) is 11.0 Å². The Morgan fingerprint density at radius 2 is 1.78 bits per heavy atom. The van der Waals surface area contributed by atoms with E-state index in [-0.39, 0.29) is 24.7 Å². The van der Waals surface area contributed by atoms with Crippen molar-refractivity contribution in [2.24, 2.45) is 0 Å². The van der Waals surface area contributed by atoms with Crippen molar-refractivity contribution < 1.29 is 37.3 Å². The first kappa shape index (κ1) is 24.2. The van der Waals surface area contributed by atoms with Gasteiger partial charge in [-0.3, -0.25) is 4.79 Å². The van der Waals surface area contributed by atoms with E-state index in [1.165, 1.54) is 0 Å². The van der Waals surface area contributed by atoms with Crippen LogP contribution in [0, 0.1) is 0 Å². The van der Waals surface area contributed by atoms with Crippen LogP contribution >= 0.6 is 0 Å². The number of carboxylic acid groups (broad SMARTS) is 1. The van der Waals surface area contributed by atoms with Gasteiger partial charge in [-0.05, 0) is 38.2 Å². The van der Waals surface area contributed by atoms with Gasteiger partial charge in [0.25, 0.3) is 0 Å². The highest BCUT2D eigenvalue weighted by atomic mass is 19.4. The third-order valence-corrected chi connectivity index (χ3v) is 5.68. The number of likely N-dealkylation sites (tertiary alicyclic amines) is 1. The zero-order valence-corrected chi connectivity index (χ0v) is 17.5.